The van der Waals surface area contributed by atoms with E-state index in [-0.39, 0.29) is 122 Å². The maximum atomic E-state index is 14.8. The van der Waals surface area contributed by atoms with Crippen molar-refractivity contribution in [3.63, 3.8) is 0 Å². The van der Waals surface area contributed by atoms with E-state index < -0.39 is 304 Å². The summed E-state index contributed by atoms with van der Waals surface area (Å²) in [5.41, 5.74) is 56.2. The van der Waals surface area contributed by atoms with Gasteiger partial charge in [0.15, 0.2) is 17.9 Å². The Bertz CT molecular complexity index is 3730. The lowest BCUT2D eigenvalue weighted by atomic mass is 10.0. The Morgan fingerprint density at radius 1 is 0.252 bits per heavy atom. The van der Waals surface area contributed by atoms with Gasteiger partial charge in [0.05, 0.1) is 12.2 Å². The van der Waals surface area contributed by atoms with Gasteiger partial charge >= 0.3 is 35.8 Å². The molecule has 0 aliphatic heterocycles. The number of aliphatic imine (C=N–C) groups is 3. The van der Waals surface area contributed by atoms with E-state index >= 15 is 0 Å². The zero-order valence-corrected chi connectivity index (χ0v) is 71.7. The highest BCUT2D eigenvalue weighted by molar-refractivity contribution is 6.01. The number of amides is 13. The number of carboxylic acids is 6. The molecule has 0 bridgehead atoms. The van der Waals surface area contributed by atoms with Crippen molar-refractivity contribution in [3.05, 3.63) is 0 Å². The Morgan fingerprint density at radius 2 is 0.449 bits per heavy atom. The fourth-order valence-corrected chi connectivity index (χ4v) is 11.9. The molecule has 53 nitrogen and oxygen atoms in total. The molecule has 127 heavy (non-hydrogen) atoms. The Kier molecular flexibility index (Phi) is 56.4. The Balaban J connectivity index is 7.72. The number of hydrogen-bond donors (Lipinski definition) is 31. The van der Waals surface area contributed by atoms with Gasteiger partial charge in [0.2, 0.25) is 76.8 Å². The molecule has 0 aliphatic carbocycles. The molecule has 0 fully saturated rings. The lowest BCUT2D eigenvalue weighted by Crippen LogP contribution is -2.62. The number of nitrogens with one attached hydrogen (secondary N) is 13. The zero-order valence-electron chi connectivity index (χ0n) is 71.7. The van der Waals surface area contributed by atoms with Crippen molar-refractivity contribution in [1.82, 2.24) is 69.1 Å². The number of hydrogen-bond acceptors (Lipinski definition) is 28. The number of aliphatic hydroxyl groups is 2. The molecular weight excluding hydrogens is 1680 g/mol. The molecule has 0 aliphatic rings. The third-order valence-corrected chi connectivity index (χ3v) is 19.0. The third kappa shape index (κ3) is 49.7. The van der Waals surface area contributed by atoms with Crippen molar-refractivity contribution in [1.29, 1.82) is 0 Å². The van der Waals surface area contributed by atoms with Crippen molar-refractivity contribution in [2.45, 2.75) is 285 Å². The topological polar surface area (TPSA) is 940 Å². The van der Waals surface area contributed by atoms with Gasteiger partial charge in [-0.05, 0) is 168 Å². The Labute approximate surface area is 731 Å². The van der Waals surface area contributed by atoms with Gasteiger partial charge < -0.3 is 167 Å². The normalized spacial score (nSPS) is 14.8. The van der Waals surface area contributed by atoms with E-state index in [1.165, 1.54) is 20.8 Å². The highest BCUT2D eigenvalue weighted by Gasteiger charge is 2.40. The second kappa shape index (κ2) is 62.6. The number of carbonyl (C=O) groups is 19. The van der Waals surface area contributed by atoms with Crippen molar-refractivity contribution in [2.24, 2.45) is 78.2 Å². The van der Waals surface area contributed by atoms with Gasteiger partial charge in [0.1, 0.15) is 84.6 Å². The molecule has 0 saturated carbocycles. The highest BCUT2D eigenvalue weighted by atomic mass is 16.4. The summed E-state index contributed by atoms with van der Waals surface area (Å²) < 4.78 is 0. The molecule has 0 aromatic carbocycles. The fraction of sp³-hybridized carbons (Fsp3) is 0.703. The third-order valence-electron chi connectivity index (χ3n) is 19.0. The van der Waals surface area contributed by atoms with Gasteiger partial charge in [-0.1, -0.05) is 13.8 Å². The first kappa shape index (κ1) is 114. The van der Waals surface area contributed by atoms with Crippen LogP contribution in [0.4, 0.5) is 0 Å². The van der Waals surface area contributed by atoms with Gasteiger partial charge in [-0.3, -0.25) is 101 Å². The second-order valence-corrected chi connectivity index (χ2v) is 30.1. The monoisotopic (exact) mass is 1820 g/mol. The Hall–Kier alpha value is -12.5. The minimum absolute atomic E-state index is 0.0718. The van der Waals surface area contributed by atoms with E-state index in [1.807, 2.05) is 0 Å². The minimum atomic E-state index is -2.12. The first-order valence-corrected chi connectivity index (χ1v) is 41.3. The maximum absolute atomic E-state index is 14.8. The number of aliphatic carboxylic acids is 6. The number of rotatable bonds is 69. The van der Waals surface area contributed by atoms with Crippen molar-refractivity contribution in [3.8, 4) is 0 Å². The maximum Gasteiger partial charge on any atom is 0.326 e. The van der Waals surface area contributed by atoms with Gasteiger partial charge in [-0.2, -0.15) is 0 Å². The predicted molar refractivity (Wildman–Crippen MR) is 452 cm³/mol. The zero-order chi connectivity index (χ0) is 96.8. The summed E-state index contributed by atoms with van der Waals surface area (Å²) in [6.45, 7) is 4.67. The lowest BCUT2D eigenvalue weighted by molar-refractivity contribution is -0.144. The second-order valence-electron chi connectivity index (χ2n) is 30.1. The van der Waals surface area contributed by atoms with Gasteiger partial charge in [-0.15, -0.1) is 0 Å². The van der Waals surface area contributed by atoms with Gasteiger partial charge in [0, 0.05) is 51.7 Å². The molecule has 13 amide bonds. The molecule has 53 heteroatoms. The quantitative estimate of drug-likeness (QED) is 0.0153. The molecule has 0 unspecified atom stereocenters. The summed E-state index contributed by atoms with van der Waals surface area (Å²) in [6, 6.07) is -24.5. The van der Waals surface area contributed by atoms with Crippen LogP contribution in [0, 0.1) is 5.92 Å². The molecule has 0 aromatic rings. The standard InChI is InChI=1S/C74H132N26O27/c1-36(2)56(69(124)97-47(22-27-52(107)108)66(121)93-44(19-13-35-87-74(83)84)61(116)94-45(20-25-50(103)104)64(119)90-41(16-7-10-32-77)63(118)98-49(71(126)127)24-29-54(111)112)99-70(125)57(38(4)102)100-67(122)48(23-28-53(109)110)95-62(117)43(18-12-34-86-73(81)82)92-60(115)42(17-11-33-85-72(79)80)91-59(114)39(14-5-8-30-75)88-58(113)40(15-6-9-31-76)89-65(120)46(21-26-51(105)106)96-68(123)55(78)37(3)101/h36-49,55-57,101-102H,5-35,75-78H2,1-4H3,(H,88,113)(H,89,120)(H,90,119)(H,91,114)(H,92,115)(H,93,121)(H,94,116)(H,95,117)(H,96,123)(H,97,124)(H,98,118)(H,99,125)(H,100,122)(H,103,104)(H,105,106)(H,107,108)(H,109,110)(H,111,112)(H,126,127)(H4,79,80,85)(H4,81,82,86)(H4,83,84,87)/t37-,38-,39-,40-,41+,42-,43+,44+,45+,46-,47-,48-,49+,55-,56-,57+/m1/s1. The molecule has 16 atom stereocenters. The van der Waals surface area contributed by atoms with E-state index in [4.69, 9.17) is 62.4 Å². The van der Waals surface area contributed by atoms with Crippen LogP contribution < -0.4 is 126 Å². The fourth-order valence-electron chi connectivity index (χ4n) is 11.9. The molecule has 0 rings (SSSR count). The van der Waals surface area contributed by atoms with Crippen LogP contribution in [0.2, 0.25) is 0 Å². The summed E-state index contributed by atoms with van der Waals surface area (Å²) in [5, 5.41) is 110. The molecule has 0 heterocycles. The van der Waals surface area contributed by atoms with E-state index in [9.17, 15) is 127 Å². The molecule has 0 saturated heterocycles. The van der Waals surface area contributed by atoms with Gasteiger partial charge in [0.25, 0.3) is 0 Å². The summed E-state index contributed by atoms with van der Waals surface area (Å²) in [4.78, 5) is 268. The van der Waals surface area contributed by atoms with Crippen LogP contribution in [0.15, 0.2) is 15.0 Å². The number of aliphatic hydroxyl groups excluding tert-OH is 2. The summed E-state index contributed by atoms with van der Waals surface area (Å²) in [6.07, 6.45) is -11.2. The van der Waals surface area contributed by atoms with Crippen LogP contribution in [-0.4, -0.2) is 307 Å². The lowest BCUT2D eigenvalue weighted by Gasteiger charge is -2.30. The average molecular weight is 1820 g/mol. The summed E-state index contributed by atoms with van der Waals surface area (Å²) >= 11 is 0. The average Bonchev–Trinajstić information content (AvgIpc) is 0.845. The van der Waals surface area contributed by atoms with Crippen LogP contribution >= 0.6 is 0 Å². The number of unbranched alkanes of at least 4 members (excludes halogenated alkanes) is 3. The smallest absolute Gasteiger partial charge is 0.326 e. The van der Waals surface area contributed by atoms with Crippen molar-refractivity contribution >= 4 is 130 Å². The molecular formula is C74H132N26O27. The number of nitrogens with two attached hydrogens (primary N) is 10. The number of guanidine groups is 3. The first-order valence-electron chi connectivity index (χ1n) is 41.3. The van der Waals surface area contributed by atoms with Crippen LogP contribution in [0.1, 0.15) is 188 Å². The predicted octanol–water partition coefficient (Wildman–Crippen LogP) is -11.0. The molecule has 0 aromatic heterocycles. The summed E-state index contributed by atoms with van der Waals surface area (Å²) in [5.74, 6) is -26.4. The summed E-state index contributed by atoms with van der Waals surface area (Å²) in [7, 11) is 0. The number of nitrogens with zero attached hydrogens (tertiary/aromatic N) is 3. The van der Waals surface area contributed by atoms with Gasteiger partial charge in [-0.25, -0.2) is 4.79 Å². The Morgan fingerprint density at radius 3 is 0.661 bits per heavy atom. The van der Waals surface area contributed by atoms with Crippen LogP contribution in [0.25, 0.3) is 0 Å². The largest absolute Gasteiger partial charge is 0.481 e. The highest BCUT2D eigenvalue weighted by Crippen LogP contribution is 2.16. The number of carbonyl (C=O) groups excluding carboxylic acids is 13. The van der Waals surface area contributed by atoms with Crippen LogP contribution in [0.5, 0.6) is 0 Å². The van der Waals surface area contributed by atoms with E-state index in [0.717, 1.165) is 6.92 Å². The minimum Gasteiger partial charge on any atom is -0.481 e. The van der Waals surface area contributed by atoms with E-state index in [1.54, 1.807) is 0 Å². The number of carboxylic acid groups (broad SMARTS) is 6. The first-order chi connectivity index (χ1) is 59.6. The van der Waals surface area contributed by atoms with Crippen molar-refractivity contribution < 1.29 is 132 Å². The van der Waals surface area contributed by atoms with E-state index in [0.29, 0.717) is 6.42 Å². The van der Waals surface area contributed by atoms with E-state index in [2.05, 4.69) is 84.1 Å². The molecule has 0 spiro atoms. The molecule has 41 N–H and O–H groups in total. The van der Waals surface area contributed by atoms with Crippen molar-refractivity contribution in [2.75, 3.05) is 39.3 Å². The molecule has 720 valence electrons. The SMILES string of the molecule is CC(C)[C@@H](NC(=O)[C@@H](NC(=O)[C@@H](CCC(=O)O)NC(=O)[C@H](CCCN=C(N)N)NC(=O)[C@@H](CCCN=C(N)N)NC(=O)[C@@H](CCCCN)NC(=O)[C@@H](CCCCN)NC(=O)[C@@H](CCC(=O)O)NC(=O)[C@H](N)[C@@H](C)O)[C@@H](C)O)C(=O)N[C@H](CCC(=O)O)C(=O)N[C@@H](CCCN=C(N)N)C(=O)N[C@@H](CCC(=O)O)C(=O)N[C@@H](CCCCN)C(=O)N[C@@H](CCC(=O)O)C(=O)O. The molecule has 0 radical (unpaired) electrons. The van der Waals surface area contributed by atoms with Crippen LogP contribution in [-0.2, 0) is 91.1 Å². The van der Waals surface area contributed by atoms with Crippen LogP contribution in [0.3, 0.4) is 0 Å².